The quantitative estimate of drug-likeness (QED) is 0.629. The van der Waals surface area contributed by atoms with Gasteiger partial charge >= 0.3 is 6.09 Å². The molecular formula is C24H24ClFN4O5. The zero-order valence-electron chi connectivity index (χ0n) is 19.4. The predicted octanol–water partition coefficient (Wildman–Crippen LogP) is 4.41. The minimum Gasteiger partial charge on any atom is -0.493 e. The van der Waals surface area contributed by atoms with Crippen LogP contribution in [0, 0.1) is 11.2 Å². The van der Waals surface area contributed by atoms with Crippen LogP contribution in [0.25, 0.3) is 0 Å². The Bertz CT molecular complexity index is 1260. The fourth-order valence-corrected chi connectivity index (χ4v) is 4.58. The number of benzene rings is 1. The lowest BCUT2D eigenvalue weighted by molar-refractivity contribution is 0.0546. The second-order valence-electron chi connectivity index (χ2n) is 9.91. The van der Waals surface area contributed by atoms with Gasteiger partial charge in [-0.1, -0.05) is 11.6 Å². The molecule has 1 saturated carbocycles. The summed E-state index contributed by atoms with van der Waals surface area (Å²) in [6.07, 6.45) is 2.28. The third-order valence-electron chi connectivity index (χ3n) is 6.26. The van der Waals surface area contributed by atoms with Crippen molar-refractivity contribution >= 4 is 35.3 Å². The van der Waals surface area contributed by atoms with Crippen molar-refractivity contribution in [3.63, 3.8) is 0 Å². The topological polar surface area (TPSA) is 111 Å². The summed E-state index contributed by atoms with van der Waals surface area (Å²) < 4.78 is 31.3. The van der Waals surface area contributed by atoms with E-state index >= 15 is 0 Å². The average Bonchev–Trinajstić information content (AvgIpc) is 3.43. The van der Waals surface area contributed by atoms with Gasteiger partial charge in [-0.2, -0.15) is 0 Å². The van der Waals surface area contributed by atoms with Gasteiger partial charge in [0.05, 0.1) is 11.6 Å². The molecule has 184 valence electrons. The van der Waals surface area contributed by atoms with Gasteiger partial charge in [0.1, 0.15) is 23.5 Å². The van der Waals surface area contributed by atoms with E-state index in [2.05, 4.69) is 15.6 Å². The maximum atomic E-state index is 14.2. The van der Waals surface area contributed by atoms with E-state index in [4.69, 9.17) is 30.8 Å². The van der Waals surface area contributed by atoms with Gasteiger partial charge in [0.2, 0.25) is 0 Å². The van der Waals surface area contributed by atoms with Crippen LogP contribution in [0.1, 0.15) is 49.7 Å². The monoisotopic (exact) mass is 502 g/mol. The van der Waals surface area contributed by atoms with Crippen LogP contribution in [-0.4, -0.2) is 41.8 Å². The molecule has 3 aliphatic rings. The zero-order valence-corrected chi connectivity index (χ0v) is 20.2. The van der Waals surface area contributed by atoms with Crippen LogP contribution in [0.5, 0.6) is 5.75 Å². The van der Waals surface area contributed by atoms with Crippen molar-refractivity contribution in [1.82, 2.24) is 10.3 Å². The molecule has 9 nitrogen and oxygen atoms in total. The van der Waals surface area contributed by atoms with E-state index in [9.17, 15) is 14.0 Å². The minimum atomic E-state index is -0.823. The Morgan fingerprint density at radius 3 is 2.60 bits per heavy atom. The second kappa shape index (κ2) is 8.08. The molecule has 1 aromatic carbocycles. The highest BCUT2D eigenvalue weighted by Gasteiger charge is 2.66. The lowest BCUT2D eigenvalue weighted by atomic mass is 9.74. The molecule has 2 aliphatic heterocycles. The maximum absolute atomic E-state index is 14.2. The van der Waals surface area contributed by atoms with Gasteiger partial charge in [-0.25, -0.2) is 24.5 Å². The standard InChI is InChI=1S/C24H24ClFN4O5/c1-22(2,3)35-21(32)29-20-30-24(12-34-20)15-9-14(4-5-17(15)33-11-23(24)6-7-23)28-19(31)18-16(26)8-13(25)10-27-18/h4-5,8-10H,6-7,11-12H2,1-3H3,(H,28,31)(H,29,30,32). The third-order valence-corrected chi connectivity index (χ3v) is 6.47. The van der Waals surface area contributed by atoms with Gasteiger partial charge in [-0.15, -0.1) is 0 Å². The number of hydrogen-bond acceptors (Lipinski definition) is 7. The molecule has 11 heteroatoms. The van der Waals surface area contributed by atoms with Gasteiger partial charge in [-0.3, -0.25) is 4.79 Å². The number of alkyl carbamates (subject to hydrolysis) is 1. The van der Waals surface area contributed by atoms with Gasteiger partial charge in [-0.05, 0) is 57.9 Å². The Kier molecular flexibility index (Phi) is 5.39. The van der Waals surface area contributed by atoms with Crippen molar-refractivity contribution < 1.29 is 28.2 Å². The van der Waals surface area contributed by atoms with E-state index in [1.54, 1.807) is 39.0 Å². The fourth-order valence-electron chi connectivity index (χ4n) is 4.43. The number of fused-ring (bicyclic) bond motifs is 3. The number of pyridine rings is 1. The highest BCUT2D eigenvalue weighted by molar-refractivity contribution is 6.30. The first-order valence-electron chi connectivity index (χ1n) is 11.1. The number of amidine groups is 1. The van der Waals surface area contributed by atoms with E-state index in [0.29, 0.717) is 23.6 Å². The smallest absolute Gasteiger partial charge is 0.415 e. The molecule has 2 N–H and O–H groups in total. The predicted molar refractivity (Wildman–Crippen MR) is 125 cm³/mol. The fraction of sp³-hybridized carbons (Fsp3) is 0.417. The highest BCUT2D eigenvalue weighted by Crippen LogP contribution is 2.65. The number of nitrogens with zero attached hydrogens (tertiary/aromatic N) is 2. The number of nitrogens with one attached hydrogen (secondary N) is 2. The molecule has 1 atom stereocenters. The van der Waals surface area contributed by atoms with Crippen LogP contribution in [0.15, 0.2) is 35.5 Å². The van der Waals surface area contributed by atoms with E-state index in [1.165, 1.54) is 6.20 Å². The minimum absolute atomic E-state index is 0.0697. The molecule has 0 radical (unpaired) electrons. The molecule has 2 aromatic rings. The zero-order chi connectivity index (χ0) is 25.0. The Morgan fingerprint density at radius 2 is 1.91 bits per heavy atom. The van der Waals surface area contributed by atoms with E-state index in [-0.39, 0.29) is 28.8 Å². The number of anilines is 1. The molecule has 1 fully saturated rings. The number of halogens is 2. The van der Waals surface area contributed by atoms with Crippen molar-refractivity contribution in [3.8, 4) is 5.75 Å². The van der Waals surface area contributed by atoms with Crippen LogP contribution < -0.4 is 15.4 Å². The van der Waals surface area contributed by atoms with Crippen molar-refractivity contribution in [2.24, 2.45) is 10.4 Å². The van der Waals surface area contributed by atoms with Gasteiger partial charge < -0.3 is 19.5 Å². The van der Waals surface area contributed by atoms with Gasteiger partial charge in [0.15, 0.2) is 11.5 Å². The number of rotatable bonds is 2. The van der Waals surface area contributed by atoms with Gasteiger partial charge in [0.25, 0.3) is 11.9 Å². The van der Waals surface area contributed by atoms with Crippen molar-refractivity contribution in [2.75, 3.05) is 18.5 Å². The molecule has 3 heterocycles. The van der Waals surface area contributed by atoms with Gasteiger partial charge in [0, 0.05) is 22.9 Å². The number of carbonyl (C=O) groups is 2. The third kappa shape index (κ3) is 4.27. The molecule has 2 amide bonds. The molecule has 0 saturated heterocycles. The second-order valence-corrected chi connectivity index (χ2v) is 10.3. The lowest BCUT2D eigenvalue weighted by Gasteiger charge is -2.39. The lowest BCUT2D eigenvalue weighted by Crippen LogP contribution is -2.44. The number of ether oxygens (including phenoxy) is 3. The number of amides is 2. The van der Waals surface area contributed by atoms with Crippen molar-refractivity contribution in [1.29, 1.82) is 0 Å². The first-order valence-corrected chi connectivity index (χ1v) is 11.5. The van der Waals surface area contributed by atoms with E-state index < -0.39 is 29.0 Å². The highest BCUT2D eigenvalue weighted by atomic mass is 35.5. The van der Waals surface area contributed by atoms with Crippen LogP contribution in [0.4, 0.5) is 14.9 Å². The molecule has 35 heavy (non-hydrogen) atoms. The summed E-state index contributed by atoms with van der Waals surface area (Å²) in [5, 5.41) is 5.34. The first-order chi connectivity index (χ1) is 16.5. The van der Waals surface area contributed by atoms with E-state index in [0.717, 1.165) is 18.9 Å². The summed E-state index contributed by atoms with van der Waals surface area (Å²) in [5.74, 6) is -0.942. The Labute approximate surface area is 206 Å². The number of carbonyl (C=O) groups excluding carboxylic acids is 2. The maximum Gasteiger partial charge on any atom is 0.415 e. The number of aromatic nitrogens is 1. The summed E-state index contributed by atoms with van der Waals surface area (Å²) >= 11 is 5.73. The van der Waals surface area contributed by atoms with Crippen LogP contribution in [0.2, 0.25) is 5.02 Å². The summed E-state index contributed by atoms with van der Waals surface area (Å²) in [6.45, 7) is 5.94. The average molecular weight is 503 g/mol. The molecule has 1 unspecified atom stereocenters. The van der Waals surface area contributed by atoms with Crippen LogP contribution >= 0.6 is 11.6 Å². The largest absolute Gasteiger partial charge is 0.493 e. The first kappa shape index (κ1) is 23.3. The summed E-state index contributed by atoms with van der Waals surface area (Å²) in [4.78, 5) is 33.5. The molecule has 5 rings (SSSR count). The number of hydrogen-bond donors (Lipinski definition) is 2. The summed E-state index contributed by atoms with van der Waals surface area (Å²) in [7, 11) is 0. The molecule has 0 bridgehead atoms. The van der Waals surface area contributed by atoms with Crippen molar-refractivity contribution in [3.05, 3.63) is 52.6 Å². The Balaban J connectivity index is 1.44. The summed E-state index contributed by atoms with van der Waals surface area (Å²) in [6, 6.07) is 6.22. The normalized spacial score (nSPS) is 21.5. The molecule has 1 aromatic heterocycles. The molecule has 1 aliphatic carbocycles. The van der Waals surface area contributed by atoms with Crippen molar-refractivity contribution in [2.45, 2.75) is 44.8 Å². The Hall–Kier alpha value is -3.40. The Morgan fingerprint density at radius 1 is 1.14 bits per heavy atom. The summed E-state index contributed by atoms with van der Waals surface area (Å²) in [5.41, 5.74) is -1.02. The SMILES string of the molecule is CC(C)(C)OC(=O)NC1=NC2(CO1)c1cc(NC(=O)c3ncc(Cl)cc3F)ccc1OCC21CC1. The number of aliphatic imine (C=N–C) groups is 1. The van der Waals surface area contributed by atoms with Crippen LogP contribution in [0.3, 0.4) is 0 Å². The van der Waals surface area contributed by atoms with Crippen LogP contribution in [-0.2, 0) is 15.0 Å². The molecule has 2 spiro atoms. The van der Waals surface area contributed by atoms with E-state index in [1.807, 2.05) is 0 Å². The molecular weight excluding hydrogens is 479 g/mol.